The Hall–Kier alpha value is -1.39. The van der Waals surface area contributed by atoms with Crippen molar-refractivity contribution in [3.63, 3.8) is 0 Å². The minimum Gasteiger partial charge on any atom is -0.347 e. The summed E-state index contributed by atoms with van der Waals surface area (Å²) in [5.41, 5.74) is 6.66. The van der Waals surface area contributed by atoms with E-state index < -0.39 is 6.04 Å². The van der Waals surface area contributed by atoms with E-state index in [-0.39, 0.29) is 11.9 Å². The first-order valence-corrected chi connectivity index (χ1v) is 5.76. The predicted octanol–water partition coefficient (Wildman–Crippen LogP) is 0.753. The molecular formula is C13H21N3O. The first-order valence-electron chi connectivity index (χ1n) is 5.76. The lowest BCUT2D eigenvalue weighted by atomic mass is 10.1. The summed E-state index contributed by atoms with van der Waals surface area (Å²) in [6, 6.07) is 9.41. The third-order valence-electron chi connectivity index (χ3n) is 2.48. The Bertz CT molecular complexity index is 349. The van der Waals surface area contributed by atoms with Crippen molar-refractivity contribution in [2.24, 2.45) is 5.73 Å². The summed E-state index contributed by atoms with van der Waals surface area (Å²) >= 11 is 0. The maximum Gasteiger partial charge on any atom is 0.237 e. The minimum absolute atomic E-state index is 0.0234. The van der Waals surface area contributed by atoms with E-state index in [9.17, 15) is 4.79 Å². The molecule has 0 saturated heterocycles. The largest absolute Gasteiger partial charge is 0.347 e. The Labute approximate surface area is 103 Å². The molecule has 3 N–H and O–H groups in total. The molecule has 2 atom stereocenters. The van der Waals surface area contributed by atoms with Gasteiger partial charge < -0.3 is 16.0 Å². The van der Waals surface area contributed by atoms with Gasteiger partial charge >= 0.3 is 0 Å². The summed E-state index contributed by atoms with van der Waals surface area (Å²) in [5, 5.41) is 2.96. The van der Waals surface area contributed by atoms with E-state index in [4.69, 9.17) is 5.73 Å². The molecule has 0 spiro atoms. The molecule has 1 rings (SSSR count). The number of benzene rings is 1. The smallest absolute Gasteiger partial charge is 0.237 e. The fraction of sp³-hybridized carbons (Fsp3) is 0.462. The zero-order chi connectivity index (χ0) is 12.8. The monoisotopic (exact) mass is 235 g/mol. The second-order valence-electron chi connectivity index (χ2n) is 4.52. The molecule has 0 radical (unpaired) electrons. The van der Waals surface area contributed by atoms with Gasteiger partial charge in [0.05, 0.1) is 12.1 Å². The van der Waals surface area contributed by atoms with Crippen LogP contribution in [0.1, 0.15) is 18.5 Å². The number of carbonyl (C=O) groups excluding carboxylic acids is 1. The normalized spacial score (nSPS) is 14.4. The molecule has 0 aliphatic rings. The van der Waals surface area contributed by atoms with Crippen molar-refractivity contribution in [3.8, 4) is 0 Å². The van der Waals surface area contributed by atoms with Crippen molar-refractivity contribution in [1.82, 2.24) is 10.2 Å². The van der Waals surface area contributed by atoms with Crippen LogP contribution in [0.3, 0.4) is 0 Å². The standard InChI is InChI=1S/C13H21N3O/c1-10(14)13(17)15-12(9-16(2)3)11-7-5-4-6-8-11/h4-8,10,12H,9,14H2,1-3H3,(H,15,17)/t10-,12?/m0/s1. The molecule has 0 aliphatic carbocycles. The average molecular weight is 235 g/mol. The zero-order valence-corrected chi connectivity index (χ0v) is 10.7. The topological polar surface area (TPSA) is 58.4 Å². The highest BCUT2D eigenvalue weighted by Gasteiger charge is 2.17. The lowest BCUT2D eigenvalue weighted by Crippen LogP contribution is -2.43. The summed E-state index contributed by atoms with van der Waals surface area (Å²) in [6.45, 7) is 2.44. The van der Waals surface area contributed by atoms with Gasteiger partial charge in [0.25, 0.3) is 0 Å². The van der Waals surface area contributed by atoms with Crippen molar-refractivity contribution in [3.05, 3.63) is 35.9 Å². The van der Waals surface area contributed by atoms with E-state index in [0.29, 0.717) is 0 Å². The van der Waals surface area contributed by atoms with E-state index in [1.807, 2.05) is 49.3 Å². The number of nitrogens with two attached hydrogens (primary N) is 1. The molecule has 1 aromatic carbocycles. The third kappa shape index (κ3) is 4.54. The van der Waals surface area contributed by atoms with Crippen LogP contribution in [0.25, 0.3) is 0 Å². The first kappa shape index (κ1) is 13.7. The predicted molar refractivity (Wildman–Crippen MR) is 69.5 cm³/mol. The molecule has 0 heterocycles. The molecule has 0 fully saturated rings. The second-order valence-corrected chi connectivity index (χ2v) is 4.52. The fourth-order valence-corrected chi connectivity index (χ4v) is 1.59. The van der Waals surface area contributed by atoms with Gasteiger partial charge in [0, 0.05) is 6.54 Å². The number of nitrogens with zero attached hydrogens (tertiary/aromatic N) is 1. The lowest BCUT2D eigenvalue weighted by molar-refractivity contribution is -0.122. The van der Waals surface area contributed by atoms with Gasteiger partial charge in [-0.3, -0.25) is 4.79 Å². The molecule has 94 valence electrons. The van der Waals surface area contributed by atoms with Crippen molar-refractivity contribution in [2.75, 3.05) is 20.6 Å². The number of hydrogen-bond acceptors (Lipinski definition) is 3. The molecule has 0 bridgehead atoms. The van der Waals surface area contributed by atoms with Gasteiger partial charge in [-0.2, -0.15) is 0 Å². The average Bonchev–Trinajstić information content (AvgIpc) is 2.28. The molecule has 0 aliphatic heterocycles. The van der Waals surface area contributed by atoms with Gasteiger partial charge in [-0.05, 0) is 26.6 Å². The molecule has 17 heavy (non-hydrogen) atoms. The van der Waals surface area contributed by atoms with E-state index in [2.05, 4.69) is 5.32 Å². The molecule has 0 saturated carbocycles. The molecule has 1 unspecified atom stereocenters. The molecule has 0 aromatic heterocycles. The highest BCUT2D eigenvalue weighted by Crippen LogP contribution is 2.13. The third-order valence-corrected chi connectivity index (χ3v) is 2.48. The van der Waals surface area contributed by atoms with E-state index in [1.165, 1.54) is 0 Å². The Morgan fingerprint density at radius 1 is 1.35 bits per heavy atom. The van der Waals surface area contributed by atoms with Gasteiger partial charge in [0.2, 0.25) is 5.91 Å². The van der Waals surface area contributed by atoms with Crippen LogP contribution in [0.4, 0.5) is 0 Å². The quantitative estimate of drug-likeness (QED) is 0.792. The Balaban J connectivity index is 2.78. The van der Waals surface area contributed by atoms with Gasteiger partial charge in [-0.25, -0.2) is 0 Å². The van der Waals surface area contributed by atoms with Crippen LogP contribution < -0.4 is 11.1 Å². The lowest BCUT2D eigenvalue weighted by Gasteiger charge is -2.23. The van der Waals surface area contributed by atoms with Gasteiger partial charge in [0.1, 0.15) is 0 Å². The molecule has 4 heteroatoms. The van der Waals surface area contributed by atoms with Crippen LogP contribution >= 0.6 is 0 Å². The SMILES string of the molecule is C[C@H](N)C(=O)NC(CN(C)C)c1ccccc1. The Morgan fingerprint density at radius 2 is 1.94 bits per heavy atom. The van der Waals surface area contributed by atoms with Crippen LogP contribution in [-0.4, -0.2) is 37.5 Å². The number of hydrogen-bond donors (Lipinski definition) is 2. The maximum atomic E-state index is 11.7. The fourth-order valence-electron chi connectivity index (χ4n) is 1.59. The van der Waals surface area contributed by atoms with Crippen LogP contribution in [0, 0.1) is 0 Å². The van der Waals surface area contributed by atoms with Crippen molar-refractivity contribution >= 4 is 5.91 Å². The summed E-state index contributed by atoms with van der Waals surface area (Å²) in [6.07, 6.45) is 0. The van der Waals surface area contributed by atoms with E-state index >= 15 is 0 Å². The zero-order valence-electron chi connectivity index (χ0n) is 10.7. The first-order chi connectivity index (χ1) is 8.00. The Morgan fingerprint density at radius 3 is 2.41 bits per heavy atom. The molecule has 4 nitrogen and oxygen atoms in total. The van der Waals surface area contributed by atoms with Crippen molar-refractivity contribution in [2.45, 2.75) is 19.0 Å². The van der Waals surface area contributed by atoms with E-state index in [0.717, 1.165) is 12.1 Å². The van der Waals surface area contributed by atoms with Crippen LogP contribution in [-0.2, 0) is 4.79 Å². The number of carbonyl (C=O) groups is 1. The highest BCUT2D eigenvalue weighted by molar-refractivity contribution is 5.81. The van der Waals surface area contributed by atoms with E-state index in [1.54, 1.807) is 6.92 Å². The maximum absolute atomic E-state index is 11.7. The van der Waals surface area contributed by atoms with Crippen molar-refractivity contribution in [1.29, 1.82) is 0 Å². The van der Waals surface area contributed by atoms with Gasteiger partial charge in [-0.1, -0.05) is 30.3 Å². The summed E-state index contributed by atoms with van der Waals surface area (Å²) < 4.78 is 0. The number of likely N-dealkylation sites (N-methyl/N-ethyl adjacent to an activating group) is 1. The number of amides is 1. The number of nitrogens with one attached hydrogen (secondary N) is 1. The minimum atomic E-state index is -0.483. The van der Waals surface area contributed by atoms with Crippen LogP contribution in [0.5, 0.6) is 0 Å². The molecular weight excluding hydrogens is 214 g/mol. The Kier molecular flexibility index (Phi) is 5.12. The second kappa shape index (κ2) is 6.37. The van der Waals surface area contributed by atoms with Crippen LogP contribution in [0.2, 0.25) is 0 Å². The van der Waals surface area contributed by atoms with Gasteiger partial charge in [0.15, 0.2) is 0 Å². The summed E-state index contributed by atoms with van der Waals surface area (Å²) in [5.74, 6) is -0.124. The summed E-state index contributed by atoms with van der Waals surface area (Å²) in [7, 11) is 3.96. The van der Waals surface area contributed by atoms with Crippen LogP contribution in [0.15, 0.2) is 30.3 Å². The van der Waals surface area contributed by atoms with Crippen molar-refractivity contribution < 1.29 is 4.79 Å². The summed E-state index contributed by atoms with van der Waals surface area (Å²) in [4.78, 5) is 13.7. The number of rotatable bonds is 5. The highest BCUT2D eigenvalue weighted by atomic mass is 16.2. The molecule has 1 amide bonds. The molecule has 1 aromatic rings. The van der Waals surface area contributed by atoms with Gasteiger partial charge in [-0.15, -0.1) is 0 Å².